The van der Waals surface area contributed by atoms with Crippen LogP contribution in [0.1, 0.15) is 28.6 Å². The van der Waals surface area contributed by atoms with E-state index >= 15 is 0 Å². The number of hydrogen-bond acceptors (Lipinski definition) is 5. The molecule has 5 nitrogen and oxygen atoms in total. The third kappa shape index (κ3) is 3.00. The molecule has 0 atom stereocenters. The van der Waals surface area contributed by atoms with E-state index in [1.54, 1.807) is 26.0 Å². The van der Waals surface area contributed by atoms with Gasteiger partial charge < -0.3 is 20.0 Å². The Bertz CT molecular complexity index is 742. The lowest BCUT2D eigenvalue weighted by Gasteiger charge is -2.08. The second kappa shape index (κ2) is 5.73. The number of hydrogen-bond donors (Lipinski definition) is 3. The van der Waals surface area contributed by atoms with Crippen LogP contribution in [0.5, 0.6) is 5.75 Å². The highest BCUT2D eigenvalue weighted by Gasteiger charge is 2.19. The summed E-state index contributed by atoms with van der Waals surface area (Å²) in [4.78, 5) is 12.0. The Morgan fingerprint density at radius 2 is 2.10 bits per heavy atom. The Kier molecular flexibility index (Phi) is 4.18. The molecule has 0 aliphatic rings. The monoisotopic (exact) mass is 307 g/mol. The Morgan fingerprint density at radius 1 is 1.43 bits per heavy atom. The van der Waals surface area contributed by atoms with E-state index in [1.165, 1.54) is 0 Å². The van der Waals surface area contributed by atoms with Crippen molar-refractivity contribution in [1.29, 1.82) is 0 Å². The first-order valence-electron chi connectivity index (χ1n) is 6.35. The van der Waals surface area contributed by atoms with Crippen molar-refractivity contribution in [3.05, 3.63) is 39.6 Å². The number of carboxylic acid groups (broad SMARTS) is 1. The first-order valence-corrected chi connectivity index (χ1v) is 6.80. The molecule has 0 radical (unpaired) electrons. The number of fused-ring (bicyclic) bond motifs is 1. The van der Waals surface area contributed by atoms with E-state index in [-0.39, 0.29) is 12.2 Å². The van der Waals surface area contributed by atoms with Gasteiger partial charge in [-0.05, 0) is 38.5 Å². The number of carboxylic acids is 1. The molecule has 1 heterocycles. The summed E-state index contributed by atoms with van der Waals surface area (Å²) in [5, 5.41) is 9.82. The van der Waals surface area contributed by atoms with E-state index in [0.29, 0.717) is 33.1 Å². The fraction of sp³-hybridized carbons (Fsp3) is 0.267. The number of allylic oxidation sites excluding steroid dienone is 1. The summed E-state index contributed by atoms with van der Waals surface area (Å²) in [5.41, 5.74) is 7.74. The molecule has 21 heavy (non-hydrogen) atoms. The lowest BCUT2D eigenvalue weighted by molar-refractivity contribution is 0.0697. The number of aryl methyl sites for hydroxylation is 2. The quantitative estimate of drug-likeness (QED) is 0.755. The minimum atomic E-state index is -1.02. The number of aromatic carboxylic acids is 1. The van der Waals surface area contributed by atoms with Gasteiger partial charge in [-0.15, -0.1) is 12.6 Å². The Hall–Kier alpha value is -2.08. The molecule has 112 valence electrons. The summed E-state index contributed by atoms with van der Waals surface area (Å²) in [5.74, 6) is -0.0863. The van der Waals surface area contributed by atoms with Gasteiger partial charge in [-0.25, -0.2) is 4.79 Å². The summed E-state index contributed by atoms with van der Waals surface area (Å²) in [6, 6.07) is 3.46. The second-order valence-electron chi connectivity index (χ2n) is 4.87. The van der Waals surface area contributed by atoms with Crippen LogP contribution in [0.15, 0.2) is 27.2 Å². The molecule has 0 saturated carbocycles. The SMILES string of the molecule is C/C(N)=C(/S)COc1cc(C)c2oc(C)c(C(=O)O)c2c1. The molecule has 2 aromatic rings. The zero-order valence-corrected chi connectivity index (χ0v) is 13.0. The highest BCUT2D eigenvalue weighted by molar-refractivity contribution is 7.84. The van der Waals surface area contributed by atoms with Crippen LogP contribution in [0, 0.1) is 13.8 Å². The maximum atomic E-state index is 11.3. The third-order valence-corrected chi connectivity index (χ3v) is 3.65. The van der Waals surface area contributed by atoms with Crippen LogP contribution in [0.3, 0.4) is 0 Å². The van der Waals surface area contributed by atoms with E-state index in [0.717, 1.165) is 5.56 Å². The Morgan fingerprint density at radius 3 is 2.67 bits per heavy atom. The fourth-order valence-corrected chi connectivity index (χ4v) is 2.13. The number of rotatable bonds is 4. The van der Waals surface area contributed by atoms with Gasteiger partial charge >= 0.3 is 5.97 Å². The van der Waals surface area contributed by atoms with Gasteiger partial charge in [0.25, 0.3) is 0 Å². The van der Waals surface area contributed by atoms with Crippen molar-refractivity contribution in [3.8, 4) is 5.75 Å². The van der Waals surface area contributed by atoms with E-state index in [4.69, 9.17) is 14.9 Å². The maximum absolute atomic E-state index is 11.3. The minimum absolute atomic E-state index is 0.162. The van der Waals surface area contributed by atoms with Crippen molar-refractivity contribution in [2.45, 2.75) is 20.8 Å². The maximum Gasteiger partial charge on any atom is 0.339 e. The molecule has 0 aliphatic carbocycles. The van der Waals surface area contributed by atoms with Crippen molar-refractivity contribution in [3.63, 3.8) is 0 Å². The first-order chi connectivity index (χ1) is 9.81. The Balaban J connectivity index is 2.46. The van der Waals surface area contributed by atoms with Gasteiger partial charge in [-0.1, -0.05) is 0 Å². The largest absolute Gasteiger partial charge is 0.488 e. The average molecular weight is 307 g/mol. The summed E-state index contributed by atoms with van der Waals surface area (Å²) in [6.45, 7) is 5.45. The number of ether oxygens (including phenoxy) is 1. The highest BCUT2D eigenvalue weighted by atomic mass is 32.1. The van der Waals surface area contributed by atoms with Gasteiger partial charge in [0.1, 0.15) is 29.3 Å². The zero-order valence-electron chi connectivity index (χ0n) is 12.1. The van der Waals surface area contributed by atoms with E-state index in [1.807, 2.05) is 6.92 Å². The molecule has 3 N–H and O–H groups in total. The molecule has 1 aromatic carbocycles. The molecular formula is C15H17NO4S. The summed E-state index contributed by atoms with van der Waals surface area (Å²) < 4.78 is 11.1. The van der Waals surface area contributed by atoms with Crippen LogP contribution < -0.4 is 10.5 Å². The smallest absolute Gasteiger partial charge is 0.339 e. The van der Waals surface area contributed by atoms with Gasteiger partial charge in [0.2, 0.25) is 0 Å². The Labute approximate surface area is 127 Å². The molecule has 0 amide bonds. The van der Waals surface area contributed by atoms with Crippen LogP contribution in [-0.2, 0) is 0 Å². The van der Waals surface area contributed by atoms with Crippen molar-refractivity contribution >= 4 is 29.6 Å². The molecule has 6 heteroatoms. The lowest BCUT2D eigenvalue weighted by Crippen LogP contribution is -2.04. The summed E-state index contributed by atoms with van der Waals surface area (Å²) in [6.07, 6.45) is 0. The number of carbonyl (C=O) groups is 1. The molecule has 0 bridgehead atoms. The van der Waals surface area contributed by atoms with E-state index in [2.05, 4.69) is 12.6 Å². The normalized spacial score (nSPS) is 12.4. The van der Waals surface area contributed by atoms with Crippen LogP contribution in [-0.4, -0.2) is 17.7 Å². The van der Waals surface area contributed by atoms with Gasteiger partial charge in [0, 0.05) is 16.0 Å². The summed E-state index contributed by atoms with van der Waals surface area (Å²) in [7, 11) is 0. The second-order valence-corrected chi connectivity index (χ2v) is 5.41. The van der Waals surface area contributed by atoms with Crippen LogP contribution in [0.4, 0.5) is 0 Å². The molecule has 0 fully saturated rings. The zero-order chi connectivity index (χ0) is 15.7. The van der Waals surface area contributed by atoms with Gasteiger partial charge in [0.15, 0.2) is 0 Å². The van der Waals surface area contributed by atoms with Crippen molar-refractivity contribution < 1.29 is 19.1 Å². The number of nitrogens with two attached hydrogens (primary N) is 1. The minimum Gasteiger partial charge on any atom is -0.488 e. The average Bonchev–Trinajstić information content (AvgIpc) is 2.72. The van der Waals surface area contributed by atoms with E-state index < -0.39 is 5.97 Å². The first kappa shape index (κ1) is 15.3. The topological polar surface area (TPSA) is 85.7 Å². The van der Waals surface area contributed by atoms with Crippen molar-refractivity contribution in [1.82, 2.24) is 0 Å². The predicted molar refractivity (Wildman–Crippen MR) is 84.0 cm³/mol. The number of thiol groups is 1. The lowest BCUT2D eigenvalue weighted by atomic mass is 10.1. The molecule has 1 aromatic heterocycles. The highest BCUT2D eigenvalue weighted by Crippen LogP contribution is 2.32. The molecule has 0 spiro atoms. The number of furan rings is 1. The predicted octanol–water partition coefficient (Wildman–Crippen LogP) is 3.25. The standard InChI is InChI=1S/C15H17NO4S/c1-7-4-10(19-6-12(21)8(2)16)5-11-13(15(17)18)9(3)20-14(7)11/h4-5,21H,6,16H2,1-3H3,(H,17,18)/b12-8-. The molecule has 2 rings (SSSR count). The van der Waals surface area contributed by atoms with Gasteiger partial charge in [-0.3, -0.25) is 0 Å². The molecule has 0 unspecified atom stereocenters. The summed E-state index contributed by atoms with van der Waals surface area (Å²) >= 11 is 4.23. The van der Waals surface area contributed by atoms with Crippen LogP contribution >= 0.6 is 12.6 Å². The molecule has 0 saturated heterocycles. The van der Waals surface area contributed by atoms with E-state index in [9.17, 15) is 9.90 Å². The van der Waals surface area contributed by atoms with Gasteiger partial charge in [0.05, 0.1) is 0 Å². The molecular weight excluding hydrogens is 290 g/mol. The molecule has 0 aliphatic heterocycles. The van der Waals surface area contributed by atoms with Gasteiger partial charge in [-0.2, -0.15) is 0 Å². The van der Waals surface area contributed by atoms with Crippen molar-refractivity contribution in [2.75, 3.05) is 6.61 Å². The number of benzene rings is 1. The third-order valence-electron chi connectivity index (χ3n) is 3.17. The van der Waals surface area contributed by atoms with Crippen molar-refractivity contribution in [2.24, 2.45) is 5.73 Å². The van der Waals surface area contributed by atoms with Crippen LogP contribution in [0.25, 0.3) is 11.0 Å². The van der Waals surface area contributed by atoms with Crippen LogP contribution in [0.2, 0.25) is 0 Å². The fourth-order valence-electron chi connectivity index (χ4n) is 2.07.